The lowest BCUT2D eigenvalue weighted by molar-refractivity contribution is 0.206. The first-order valence-electron chi connectivity index (χ1n) is 10.7. The Bertz CT molecular complexity index is 757. The van der Waals surface area contributed by atoms with Crippen molar-refractivity contribution in [1.29, 1.82) is 0 Å². The van der Waals surface area contributed by atoms with Gasteiger partial charge in [0.25, 0.3) is 0 Å². The first-order chi connectivity index (χ1) is 14.2. The van der Waals surface area contributed by atoms with Crippen molar-refractivity contribution in [3.05, 3.63) is 59.8 Å². The van der Waals surface area contributed by atoms with Crippen molar-refractivity contribution in [3.8, 4) is 0 Å². The molecule has 3 rings (SSSR count). The van der Waals surface area contributed by atoms with Gasteiger partial charge in [-0.25, -0.2) is 9.78 Å². The van der Waals surface area contributed by atoms with Crippen LogP contribution in [0.2, 0.25) is 0 Å². The van der Waals surface area contributed by atoms with Gasteiger partial charge >= 0.3 is 6.03 Å². The molecule has 1 aromatic heterocycles. The molecule has 0 spiro atoms. The minimum atomic E-state index is -0.141. The van der Waals surface area contributed by atoms with Gasteiger partial charge in [-0.3, -0.25) is 4.90 Å². The number of aromatic nitrogens is 1. The van der Waals surface area contributed by atoms with Crippen LogP contribution in [0.15, 0.2) is 48.7 Å². The van der Waals surface area contributed by atoms with Crippen molar-refractivity contribution in [1.82, 2.24) is 20.5 Å². The molecule has 1 aromatic carbocycles. The Morgan fingerprint density at radius 3 is 2.52 bits per heavy atom. The van der Waals surface area contributed by atoms with Crippen molar-refractivity contribution in [3.63, 3.8) is 0 Å². The van der Waals surface area contributed by atoms with E-state index < -0.39 is 0 Å². The van der Waals surface area contributed by atoms with Gasteiger partial charge in [0, 0.05) is 32.4 Å². The lowest BCUT2D eigenvalue weighted by Crippen LogP contribution is -2.42. The third-order valence-electron chi connectivity index (χ3n) is 5.59. The fourth-order valence-electron chi connectivity index (χ4n) is 3.92. The van der Waals surface area contributed by atoms with Crippen LogP contribution >= 0.6 is 0 Å². The van der Waals surface area contributed by atoms with E-state index >= 15 is 0 Å². The molecule has 1 unspecified atom stereocenters. The Kier molecular flexibility index (Phi) is 7.87. The highest BCUT2D eigenvalue weighted by Crippen LogP contribution is 2.20. The van der Waals surface area contributed by atoms with E-state index in [2.05, 4.69) is 57.5 Å². The second-order valence-corrected chi connectivity index (χ2v) is 7.43. The lowest BCUT2D eigenvalue weighted by Gasteiger charge is -2.30. The van der Waals surface area contributed by atoms with E-state index in [0.717, 1.165) is 37.6 Å². The summed E-state index contributed by atoms with van der Waals surface area (Å²) in [4.78, 5) is 21.6. The molecule has 1 atom stereocenters. The van der Waals surface area contributed by atoms with Crippen molar-refractivity contribution in [2.45, 2.75) is 39.3 Å². The maximum Gasteiger partial charge on any atom is 0.315 e. The van der Waals surface area contributed by atoms with Gasteiger partial charge < -0.3 is 15.5 Å². The molecule has 0 bridgehead atoms. The number of benzene rings is 1. The number of hydrogen-bond donors (Lipinski definition) is 2. The number of nitrogens with zero attached hydrogens (tertiary/aromatic N) is 3. The topological polar surface area (TPSA) is 60.5 Å². The molecule has 2 heterocycles. The zero-order valence-corrected chi connectivity index (χ0v) is 17.6. The molecule has 6 nitrogen and oxygen atoms in total. The van der Waals surface area contributed by atoms with Crippen LogP contribution < -0.4 is 15.5 Å². The molecule has 1 aliphatic rings. The first-order valence-corrected chi connectivity index (χ1v) is 10.7. The van der Waals surface area contributed by atoms with E-state index in [0.29, 0.717) is 13.1 Å². The maximum atomic E-state index is 12.4. The first kappa shape index (κ1) is 21.1. The molecule has 156 valence electrons. The molecule has 1 aliphatic heterocycles. The van der Waals surface area contributed by atoms with E-state index in [9.17, 15) is 4.79 Å². The summed E-state index contributed by atoms with van der Waals surface area (Å²) in [5.41, 5.74) is 2.29. The van der Waals surface area contributed by atoms with Crippen LogP contribution in [0.25, 0.3) is 0 Å². The van der Waals surface area contributed by atoms with Gasteiger partial charge in [0.15, 0.2) is 0 Å². The summed E-state index contributed by atoms with van der Waals surface area (Å²) in [6.45, 7) is 9.39. The van der Waals surface area contributed by atoms with Gasteiger partial charge in [0.05, 0.1) is 6.04 Å². The van der Waals surface area contributed by atoms with Crippen LogP contribution in [0.4, 0.5) is 10.6 Å². The molecule has 2 aromatic rings. The summed E-state index contributed by atoms with van der Waals surface area (Å²) in [7, 11) is 0. The summed E-state index contributed by atoms with van der Waals surface area (Å²) < 4.78 is 0. The predicted molar refractivity (Wildman–Crippen MR) is 118 cm³/mol. The van der Waals surface area contributed by atoms with Crippen LogP contribution in [-0.2, 0) is 6.54 Å². The molecule has 1 fully saturated rings. The Labute approximate surface area is 174 Å². The number of pyridine rings is 1. The monoisotopic (exact) mass is 395 g/mol. The number of anilines is 1. The summed E-state index contributed by atoms with van der Waals surface area (Å²) in [6, 6.07) is 14.4. The van der Waals surface area contributed by atoms with E-state index in [1.165, 1.54) is 18.4 Å². The number of likely N-dealkylation sites (N-methyl/N-ethyl adjacent to an activating group) is 1. The number of rotatable bonds is 9. The molecule has 29 heavy (non-hydrogen) atoms. The van der Waals surface area contributed by atoms with Gasteiger partial charge in [0.2, 0.25) is 0 Å². The normalized spacial score (nSPS) is 14.8. The second kappa shape index (κ2) is 10.8. The average Bonchev–Trinajstić information content (AvgIpc) is 3.31. The van der Waals surface area contributed by atoms with Gasteiger partial charge in [-0.1, -0.05) is 44.2 Å². The minimum Gasteiger partial charge on any atom is -0.357 e. The Hall–Kier alpha value is -2.60. The smallest absolute Gasteiger partial charge is 0.315 e. The Balaban J connectivity index is 1.53. The van der Waals surface area contributed by atoms with Crippen LogP contribution in [-0.4, -0.2) is 48.6 Å². The van der Waals surface area contributed by atoms with E-state index in [-0.39, 0.29) is 12.1 Å². The molecule has 6 heteroatoms. The summed E-state index contributed by atoms with van der Waals surface area (Å²) in [5.74, 6) is 1.01. The molecule has 2 N–H and O–H groups in total. The third kappa shape index (κ3) is 5.94. The van der Waals surface area contributed by atoms with Crippen molar-refractivity contribution < 1.29 is 4.79 Å². The third-order valence-corrected chi connectivity index (χ3v) is 5.59. The second-order valence-electron chi connectivity index (χ2n) is 7.43. The van der Waals surface area contributed by atoms with Gasteiger partial charge in [-0.05, 0) is 49.2 Å². The molecule has 2 amide bonds. The van der Waals surface area contributed by atoms with Crippen LogP contribution in [0, 0.1) is 0 Å². The maximum absolute atomic E-state index is 12.4. The quantitative estimate of drug-likeness (QED) is 0.682. The van der Waals surface area contributed by atoms with Crippen molar-refractivity contribution in [2.75, 3.05) is 37.6 Å². The number of carbonyl (C=O) groups is 1. The summed E-state index contributed by atoms with van der Waals surface area (Å²) in [6.07, 6.45) is 4.28. The zero-order chi connectivity index (χ0) is 20.5. The minimum absolute atomic E-state index is 0.141. The number of carbonyl (C=O) groups excluding carboxylic acids is 1. The summed E-state index contributed by atoms with van der Waals surface area (Å²) in [5, 5.41) is 6.04. The largest absolute Gasteiger partial charge is 0.357 e. The van der Waals surface area contributed by atoms with Crippen LogP contribution in [0.3, 0.4) is 0 Å². The lowest BCUT2D eigenvalue weighted by atomic mass is 10.1. The van der Waals surface area contributed by atoms with Crippen LogP contribution in [0.1, 0.15) is 43.9 Å². The number of urea groups is 1. The zero-order valence-electron chi connectivity index (χ0n) is 17.6. The number of hydrogen-bond acceptors (Lipinski definition) is 4. The SMILES string of the molecule is CCN(CC)C(CNC(=O)NCc1ccnc(N2CCCC2)c1)c1ccccc1. The Morgan fingerprint density at radius 2 is 1.83 bits per heavy atom. The molecule has 1 saturated heterocycles. The average molecular weight is 396 g/mol. The Morgan fingerprint density at radius 1 is 1.10 bits per heavy atom. The van der Waals surface area contributed by atoms with Crippen LogP contribution in [0.5, 0.6) is 0 Å². The fraction of sp³-hybridized carbons (Fsp3) is 0.478. The highest BCUT2D eigenvalue weighted by Gasteiger charge is 2.18. The number of nitrogens with one attached hydrogen (secondary N) is 2. The van der Waals surface area contributed by atoms with Gasteiger partial charge in [0.1, 0.15) is 5.82 Å². The molecule has 0 aliphatic carbocycles. The predicted octanol–water partition coefficient (Wildman–Crippen LogP) is 3.56. The van der Waals surface area contributed by atoms with Gasteiger partial charge in [-0.2, -0.15) is 0 Å². The molecule has 0 saturated carbocycles. The highest BCUT2D eigenvalue weighted by atomic mass is 16.2. The van der Waals surface area contributed by atoms with E-state index in [4.69, 9.17) is 0 Å². The standard InChI is InChI=1S/C23H33N5O/c1-3-27(4-2)21(20-10-6-5-7-11-20)18-26-23(29)25-17-19-12-13-24-22(16-19)28-14-8-9-15-28/h5-7,10-13,16,21H,3-4,8-9,14-15,17-18H2,1-2H3,(H2,25,26,29). The highest BCUT2D eigenvalue weighted by molar-refractivity contribution is 5.73. The molecule has 0 radical (unpaired) electrons. The molecular weight excluding hydrogens is 362 g/mol. The summed E-state index contributed by atoms with van der Waals surface area (Å²) >= 11 is 0. The van der Waals surface area contributed by atoms with E-state index in [1.54, 1.807) is 0 Å². The van der Waals surface area contributed by atoms with E-state index in [1.807, 2.05) is 30.5 Å². The fourth-order valence-corrected chi connectivity index (χ4v) is 3.92. The van der Waals surface area contributed by atoms with Crippen molar-refractivity contribution >= 4 is 11.8 Å². The van der Waals surface area contributed by atoms with Gasteiger partial charge in [-0.15, -0.1) is 0 Å². The molecular formula is C23H33N5O. The number of amides is 2. The van der Waals surface area contributed by atoms with Crippen molar-refractivity contribution in [2.24, 2.45) is 0 Å².